The Labute approximate surface area is 131 Å². The van der Waals surface area contributed by atoms with Gasteiger partial charge in [0.25, 0.3) is 0 Å². The molecule has 8 nitrogen and oxygen atoms in total. The average Bonchev–Trinajstić information content (AvgIpc) is 2.46. The highest BCUT2D eigenvalue weighted by Gasteiger charge is 2.01. The Morgan fingerprint density at radius 3 is 1.95 bits per heavy atom. The van der Waals surface area contributed by atoms with Gasteiger partial charge in [-0.2, -0.15) is 0 Å². The number of hydrogen-bond acceptors (Lipinski definition) is 7. The summed E-state index contributed by atoms with van der Waals surface area (Å²) in [6, 6.07) is 0. The molecule has 1 unspecified atom stereocenters. The Morgan fingerprint density at radius 1 is 1.09 bits per heavy atom. The third-order valence-electron chi connectivity index (χ3n) is 1.96. The third kappa shape index (κ3) is 21.3. The van der Waals surface area contributed by atoms with E-state index in [0.717, 1.165) is 0 Å². The number of hydrogen-bond donors (Lipinski definition) is 3. The highest BCUT2D eigenvalue weighted by molar-refractivity contribution is 5.84. The minimum Gasteiger partial charge on any atom is -0.478 e. The van der Waals surface area contributed by atoms with Crippen LogP contribution in [0.4, 0.5) is 0 Å². The molecule has 132 valence electrons. The van der Waals surface area contributed by atoms with Gasteiger partial charge in [-0.05, 0) is 13.8 Å². The number of aliphatic hydroxyl groups is 2. The van der Waals surface area contributed by atoms with Crippen molar-refractivity contribution < 1.29 is 39.1 Å². The molecule has 0 radical (unpaired) electrons. The standard InChI is InChI=1S/C10H22O6.C4H6O2/c1-2-16-10(12)9-15-8-7-14-6-5-13-4-3-11;1-3(2)4(5)6/h10-12H,2-9H2,1H3;1H2,2H3,(H,5,6). The van der Waals surface area contributed by atoms with E-state index in [0.29, 0.717) is 39.6 Å². The zero-order valence-corrected chi connectivity index (χ0v) is 13.3. The van der Waals surface area contributed by atoms with Crippen LogP contribution >= 0.6 is 0 Å². The van der Waals surface area contributed by atoms with Gasteiger partial charge in [0.15, 0.2) is 6.29 Å². The molecule has 0 aromatic rings. The molecular formula is C14H28O8. The van der Waals surface area contributed by atoms with E-state index in [2.05, 4.69) is 6.58 Å². The molecular weight excluding hydrogens is 296 g/mol. The van der Waals surface area contributed by atoms with Gasteiger partial charge in [0.05, 0.1) is 46.2 Å². The van der Waals surface area contributed by atoms with E-state index < -0.39 is 12.3 Å². The summed E-state index contributed by atoms with van der Waals surface area (Å²) in [6.45, 7) is 9.16. The van der Waals surface area contributed by atoms with Crippen molar-refractivity contribution in [3.8, 4) is 0 Å². The van der Waals surface area contributed by atoms with E-state index in [1.165, 1.54) is 6.92 Å². The first-order chi connectivity index (χ1) is 10.5. The molecule has 0 heterocycles. The van der Waals surface area contributed by atoms with Gasteiger partial charge in [0.1, 0.15) is 0 Å². The molecule has 22 heavy (non-hydrogen) atoms. The molecule has 0 aliphatic rings. The zero-order chi connectivity index (χ0) is 17.2. The molecule has 0 rings (SSSR count). The summed E-state index contributed by atoms with van der Waals surface area (Å²) in [7, 11) is 0. The van der Waals surface area contributed by atoms with Crippen molar-refractivity contribution in [1.29, 1.82) is 0 Å². The largest absolute Gasteiger partial charge is 0.478 e. The van der Waals surface area contributed by atoms with E-state index in [4.69, 9.17) is 34.3 Å². The molecule has 0 bridgehead atoms. The van der Waals surface area contributed by atoms with Gasteiger partial charge in [0.2, 0.25) is 0 Å². The van der Waals surface area contributed by atoms with Crippen molar-refractivity contribution in [2.24, 2.45) is 0 Å². The summed E-state index contributed by atoms with van der Waals surface area (Å²) in [5, 5.41) is 25.4. The van der Waals surface area contributed by atoms with Gasteiger partial charge in [-0.1, -0.05) is 6.58 Å². The van der Waals surface area contributed by atoms with Gasteiger partial charge < -0.3 is 34.3 Å². The molecule has 0 spiro atoms. The second-order valence-corrected chi connectivity index (χ2v) is 4.02. The van der Waals surface area contributed by atoms with Crippen molar-refractivity contribution in [3.05, 3.63) is 12.2 Å². The van der Waals surface area contributed by atoms with Crippen LogP contribution in [-0.4, -0.2) is 80.4 Å². The molecule has 0 saturated heterocycles. The number of carbonyl (C=O) groups is 1. The minimum absolute atomic E-state index is 0.0262. The van der Waals surface area contributed by atoms with Crippen LogP contribution < -0.4 is 0 Å². The van der Waals surface area contributed by atoms with Crippen LogP contribution in [0.2, 0.25) is 0 Å². The van der Waals surface area contributed by atoms with Crippen LogP contribution in [0.15, 0.2) is 12.2 Å². The molecule has 0 aromatic heterocycles. The predicted molar refractivity (Wildman–Crippen MR) is 79.6 cm³/mol. The summed E-state index contributed by atoms with van der Waals surface area (Å²) in [4.78, 5) is 9.60. The maximum atomic E-state index is 9.60. The number of aliphatic hydroxyl groups excluding tert-OH is 2. The molecule has 0 aliphatic carbocycles. The SMILES string of the molecule is C=C(C)C(=O)O.CCOC(O)COCCOCCOCCO. The Kier molecular flexibility index (Phi) is 19.0. The first-order valence-electron chi connectivity index (χ1n) is 6.98. The van der Waals surface area contributed by atoms with Crippen molar-refractivity contribution in [1.82, 2.24) is 0 Å². The molecule has 8 heteroatoms. The maximum Gasteiger partial charge on any atom is 0.330 e. The Balaban J connectivity index is 0. The number of carboxylic acids is 1. The summed E-state index contributed by atoms with van der Waals surface area (Å²) >= 11 is 0. The fourth-order valence-corrected chi connectivity index (χ4v) is 0.929. The lowest BCUT2D eigenvalue weighted by atomic mass is 10.4. The van der Waals surface area contributed by atoms with E-state index in [-0.39, 0.29) is 18.8 Å². The van der Waals surface area contributed by atoms with E-state index >= 15 is 0 Å². The van der Waals surface area contributed by atoms with Crippen molar-refractivity contribution in [2.45, 2.75) is 20.1 Å². The lowest BCUT2D eigenvalue weighted by Crippen LogP contribution is -2.20. The van der Waals surface area contributed by atoms with Crippen LogP contribution in [-0.2, 0) is 23.7 Å². The van der Waals surface area contributed by atoms with E-state index in [9.17, 15) is 4.79 Å². The van der Waals surface area contributed by atoms with Crippen molar-refractivity contribution in [2.75, 3.05) is 52.9 Å². The van der Waals surface area contributed by atoms with Crippen LogP contribution in [0.3, 0.4) is 0 Å². The second-order valence-electron chi connectivity index (χ2n) is 4.02. The van der Waals surface area contributed by atoms with Crippen LogP contribution in [0.1, 0.15) is 13.8 Å². The Bertz CT molecular complexity index is 258. The van der Waals surface area contributed by atoms with Gasteiger partial charge >= 0.3 is 5.97 Å². The molecule has 0 aromatic carbocycles. The quantitative estimate of drug-likeness (QED) is 0.247. The van der Waals surface area contributed by atoms with Gasteiger partial charge in [-0.25, -0.2) is 4.79 Å². The molecule has 0 aliphatic heterocycles. The number of rotatable bonds is 13. The summed E-state index contributed by atoms with van der Waals surface area (Å²) in [5.74, 6) is -0.935. The van der Waals surface area contributed by atoms with Crippen LogP contribution in [0, 0.1) is 0 Å². The van der Waals surface area contributed by atoms with Gasteiger partial charge in [-0.15, -0.1) is 0 Å². The number of ether oxygens (including phenoxy) is 4. The van der Waals surface area contributed by atoms with Crippen LogP contribution in [0.5, 0.6) is 0 Å². The highest BCUT2D eigenvalue weighted by atomic mass is 16.6. The lowest BCUT2D eigenvalue weighted by molar-refractivity contribution is -0.138. The number of aliphatic carboxylic acids is 1. The number of carboxylic acid groups (broad SMARTS) is 1. The van der Waals surface area contributed by atoms with Crippen molar-refractivity contribution in [3.63, 3.8) is 0 Å². The average molecular weight is 324 g/mol. The van der Waals surface area contributed by atoms with E-state index in [1.807, 2.05) is 0 Å². The smallest absolute Gasteiger partial charge is 0.330 e. The molecule has 3 N–H and O–H groups in total. The highest BCUT2D eigenvalue weighted by Crippen LogP contribution is 1.88. The monoisotopic (exact) mass is 324 g/mol. The zero-order valence-electron chi connectivity index (χ0n) is 13.3. The topological polar surface area (TPSA) is 115 Å². The first-order valence-corrected chi connectivity index (χ1v) is 6.98. The summed E-state index contributed by atoms with van der Waals surface area (Å²) in [6.07, 6.45) is -0.863. The first kappa shape index (κ1) is 23.2. The molecule has 0 saturated carbocycles. The molecule has 0 amide bonds. The minimum atomic E-state index is -0.935. The van der Waals surface area contributed by atoms with Gasteiger partial charge in [0, 0.05) is 12.2 Å². The fourth-order valence-electron chi connectivity index (χ4n) is 0.929. The van der Waals surface area contributed by atoms with Crippen LogP contribution in [0.25, 0.3) is 0 Å². The van der Waals surface area contributed by atoms with Gasteiger partial charge in [-0.3, -0.25) is 0 Å². The maximum absolute atomic E-state index is 9.60. The fraction of sp³-hybridized carbons (Fsp3) is 0.786. The predicted octanol–water partition coefficient (Wildman–Crippen LogP) is 0.0305. The lowest BCUT2D eigenvalue weighted by Gasteiger charge is -2.11. The molecule has 1 atom stereocenters. The second kappa shape index (κ2) is 18.0. The summed E-state index contributed by atoms with van der Waals surface area (Å²) in [5.41, 5.74) is 0.176. The van der Waals surface area contributed by atoms with Crippen molar-refractivity contribution >= 4 is 5.97 Å². The normalized spacial score (nSPS) is 11.5. The van der Waals surface area contributed by atoms with E-state index in [1.54, 1.807) is 6.92 Å². The molecule has 0 fully saturated rings. The summed E-state index contributed by atoms with van der Waals surface area (Å²) < 4.78 is 20.1. The third-order valence-corrected chi connectivity index (χ3v) is 1.96. The Hall–Kier alpha value is -1.03. The Morgan fingerprint density at radius 2 is 1.55 bits per heavy atom.